The van der Waals surface area contributed by atoms with Gasteiger partial charge in [-0.2, -0.15) is 0 Å². The van der Waals surface area contributed by atoms with Crippen molar-refractivity contribution < 1.29 is 15.0 Å². The summed E-state index contributed by atoms with van der Waals surface area (Å²) < 4.78 is 0. The molecule has 0 aromatic heterocycles. The Morgan fingerprint density at radius 1 is 1.11 bits per heavy atom. The first kappa shape index (κ1) is 13.1. The third kappa shape index (κ3) is 3.13. The average Bonchev–Trinajstić information content (AvgIpc) is 2.39. The van der Waals surface area contributed by atoms with E-state index in [1.54, 1.807) is 24.3 Å². The molecule has 0 aliphatic carbocycles. The topological polar surface area (TPSA) is 57.5 Å². The number of phenols is 1. The maximum absolute atomic E-state index is 11.5. The predicted molar refractivity (Wildman–Crippen MR) is 73.4 cm³/mol. The van der Waals surface area contributed by atoms with Gasteiger partial charge in [-0.3, -0.25) is 4.79 Å². The number of carbonyl (C=O) groups is 1. The fourth-order valence-electron chi connectivity index (χ4n) is 2.18. The van der Waals surface area contributed by atoms with Crippen molar-refractivity contribution in [2.45, 2.75) is 19.3 Å². The smallest absolute Gasteiger partial charge is 0.311 e. The molecule has 2 N–H and O–H groups in total. The van der Waals surface area contributed by atoms with Crippen molar-refractivity contribution in [3.05, 3.63) is 65.2 Å². The maximum atomic E-state index is 11.5. The monoisotopic (exact) mass is 256 g/mol. The highest BCUT2D eigenvalue weighted by atomic mass is 16.4. The number of carboxylic acid groups (broad SMARTS) is 1. The Morgan fingerprint density at radius 3 is 2.32 bits per heavy atom. The molecule has 0 aliphatic rings. The van der Waals surface area contributed by atoms with Gasteiger partial charge < -0.3 is 10.2 Å². The molecule has 0 saturated carbocycles. The number of phenolic OH excluding ortho intramolecular Hbond substituents is 1. The van der Waals surface area contributed by atoms with Gasteiger partial charge in [-0.25, -0.2) is 0 Å². The second-order valence-corrected chi connectivity index (χ2v) is 4.62. The summed E-state index contributed by atoms with van der Waals surface area (Å²) in [6.07, 6.45) is 0.417. The van der Waals surface area contributed by atoms with Crippen LogP contribution >= 0.6 is 0 Å². The molecule has 1 atom stereocenters. The average molecular weight is 256 g/mol. The molecule has 2 rings (SSSR count). The van der Waals surface area contributed by atoms with Crippen LogP contribution in [0.15, 0.2) is 48.5 Å². The molecule has 3 heteroatoms. The first-order chi connectivity index (χ1) is 9.08. The second kappa shape index (κ2) is 5.57. The summed E-state index contributed by atoms with van der Waals surface area (Å²) in [5.74, 6) is -1.21. The van der Waals surface area contributed by atoms with E-state index in [0.29, 0.717) is 6.42 Å². The molecule has 0 spiro atoms. The van der Waals surface area contributed by atoms with Crippen LogP contribution in [0.3, 0.4) is 0 Å². The van der Waals surface area contributed by atoms with Crippen molar-refractivity contribution in [3.63, 3.8) is 0 Å². The highest BCUT2D eigenvalue weighted by Gasteiger charge is 2.21. The van der Waals surface area contributed by atoms with Crippen molar-refractivity contribution in [1.82, 2.24) is 0 Å². The molecule has 98 valence electrons. The van der Waals surface area contributed by atoms with E-state index < -0.39 is 11.9 Å². The first-order valence-corrected chi connectivity index (χ1v) is 6.14. The van der Waals surface area contributed by atoms with E-state index in [0.717, 1.165) is 16.7 Å². The predicted octanol–water partition coefficient (Wildman–Crippen LogP) is 3.11. The van der Waals surface area contributed by atoms with Crippen molar-refractivity contribution in [2.75, 3.05) is 0 Å². The van der Waals surface area contributed by atoms with E-state index in [1.807, 2.05) is 31.2 Å². The number of rotatable bonds is 4. The molecule has 0 radical (unpaired) electrons. The summed E-state index contributed by atoms with van der Waals surface area (Å²) >= 11 is 0. The molecule has 19 heavy (non-hydrogen) atoms. The Hall–Kier alpha value is -2.29. The highest BCUT2D eigenvalue weighted by molar-refractivity contribution is 5.77. The van der Waals surface area contributed by atoms with Crippen molar-refractivity contribution in [3.8, 4) is 5.75 Å². The SMILES string of the molecule is Cc1ccccc1C(Cc1ccc(O)cc1)C(=O)O. The molecule has 2 aromatic carbocycles. The zero-order chi connectivity index (χ0) is 13.8. The van der Waals surface area contributed by atoms with Crippen LogP contribution in [0.25, 0.3) is 0 Å². The lowest BCUT2D eigenvalue weighted by Crippen LogP contribution is -2.15. The van der Waals surface area contributed by atoms with E-state index in [9.17, 15) is 15.0 Å². The summed E-state index contributed by atoms with van der Waals surface area (Å²) in [6.45, 7) is 1.92. The van der Waals surface area contributed by atoms with Gasteiger partial charge >= 0.3 is 5.97 Å². The van der Waals surface area contributed by atoms with Gasteiger partial charge in [-0.1, -0.05) is 36.4 Å². The highest BCUT2D eigenvalue weighted by Crippen LogP contribution is 2.25. The lowest BCUT2D eigenvalue weighted by Gasteiger charge is -2.15. The quantitative estimate of drug-likeness (QED) is 0.883. The van der Waals surface area contributed by atoms with Gasteiger partial charge in [0.05, 0.1) is 5.92 Å². The third-order valence-electron chi connectivity index (χ3n) is 3.24. The first-order valence-electron chi connectivity index (χ1n) is 6.14. The lowest BCUT2D eigenvalue weighted by atomic mass is 9.89. The number of benzene rings is 2. The Bertz CT molecular complexity index is 573. The zero-order valence-electron chi connectivity index (χ0n) is 10.7. The Balaban J connectivity index is 2.29. The van der Waals surface area contributed by atoms with Crippen LogP contribution < -0.4 is 0 Å². The molecule has 1 unspecified atom stereocenters. The van der Waals surface area contributed by atoms with Crippen LogP contribution in [0.4, 0.5) is 0 Å². The minimum absolute atomic E-state index is 0.187. The fourth-order valence-corrected chi connectivity index (χ4v) is 2.18. The molecule has 0 saturated heterocycles. The lowest BCUT2D eigenvalue weighted by molar-refractivity contribution is -0.138. The molecular formula is C16H16O3. The van der Waals surface area contributed by atoms with Crippen LogP contribution in [0.5, 0.6) is 5.75 Å². The number of carboxylic acids is 1. The fraction of sp³-hybridized carbons (Fsp3) is 0.188. The van der Waals surface area contributed by atoms with E-state index >= 15 is 0 Å². The van der Waals surface area contributed by atoms with Crippen molar-refractivity contribution in [1.29, 1.82) is 0 Å². The van der Waals surface area contributed by atoms with Crippen molar-refractivity contribution in [2.24, 2.45) is 0 Å². The van der Waals surface area contributed by atoms with Gasteiger partial charge in [-0.15, -0.1) is 0 Å². The van der Waals surface area contributed by atoms with Gasteiger partial charge in [0.2, 0.25) is 0 Å². The summed E-state index contributed by atoms with van der Waals surface area (Å²) in [6, 6.07) is 14.2. The molecule has 0 aliphatic heterocycles. The summed E-state index contributed by atoms with van der Waals surface area (Å²) in [4.78, 5) is 11.5. The van der Waals surface area contributed by atoms with Gasteiger partial charge in [0, 0.05) is 0 Å². The standard InChI is InChI=1S/C16H16O3/c1-11-4-2-3-5-14(11)15(16(18)19)10-12-6-8-13(17)9-7-12/h2-9,15,17H,10H2,1H3,(H,18,19). The summed E-state index contributed by atoms with van der Waals surface area (Å²) in [5, 5.41) is 18.7. The Kier molecular flexibility index (Phi) is 3.85. The van der Waals surface area contributed by atoms with Crippen LogP contribution in [0, 0.1) is 6.92 Å². The van der Waals surface area contributed by atoms with E-state index in [1.165, 1.54) is 0 Å². The summed E-state index contributed by atoms with van der Waals surface area (Å²) in [5.41, 5.74) is 2.71. The normalized spacial score (nSPS) is 12.1. The second-order valence-electron chi connectivity index (χ2n) is 4.62. The number of aliphatic carboxylic acids is 1. The number of hydrogen-bond acceptors (Lipinski definition) is 2. The molecule has 0 heterocycles. The molecular weight excluding hydrogens is 240 g/mol. The molecule has 2 aromatic rings. The minimum atomic E-state index is -0.831. The molecule has 0 amide bonds. The van der Waals surface area contributed by atoms with E-state index in [4.69, 9.17) is 0 Å². The number of aryl methyl sites for hydroxylation is 1. The van der Waals surface area contributed by atoms with Gasteiger partial charge in [-0.05, 0) is 42.2 Å². The minimum Gasteiger partial charge on any atom is -0.508 e. The summed E-state index contributed by atoms with van der Waals surface area (Å²) in [7, 11) is 0. The Morgan fingerprint density at radius 2 is 1.74 bits per heavy atom. The molecule has 3 nitrogen and oxygen atoms in total. The van der Waals surface area contributed by atoms with Crippen LogP contribution in [0.2, 0.25) is 0 Å². The van der Waals surface area contributed by atoms with Crippen LogP contribution in [-0.2, 0) is 11.2 Å². The third-order valence-corrected chi connectivity index (χ3v) is 3.24. The van der Waals surface area contributed by atoms with E-state index in [-0.39, 0.29) is 5.75 Å². The maximum Gasteiger partial charge on any atom is 0.311 e. The van der Waals surface area contributed by atoms with Crippen LogP contribution in [-0.4, -0.2) is 16.2 Å². The van der Waals surface area contributed by atoms with Gasteiger partial charge in [0.15, 0.2) is 0 Å². The van der Waals surface area contributed by atoms with E-state index in [2.05, 4.69) is 0 Å². The van der Waals surface area contributed by atoms with Gasteiger partial charge in [0.1, 0.15) is 5.75 Å². The Labute approximate surface area is 112 Å². The largest absolute Gasteiger partial charge is 0.508 e. The van der Waals surface area contributed by atoms with Crippen LogP contribution in [0.1, 0.15) is 22.6 Å². The number of aromatic hydroxyl groups is 1. The van der Waals surface area contributed by atoms with Crippen molar-refractivity contribution >= 4 is 5.97 Å². The number of hydrogen-bond donors (Lipinski definition) is 2. The molecule has 0 fully saturated rings. The van der Waals surface area contributed by atoms with Gasteiger partial charge in [0.25, 0.3) is 0 Å². The molecule has 0 bridgehead atoms. The zero-order valence-corrected chi connectivity index (χ0v) is 10.7.